The van der Waals surface area contributed by atoms with Gasteiger partial charge in [0.1, 0.15) is 11.0 Å². The predicted octanol–water partition coefficient (Wildman–Crippen LogP) is 4.35. The highest BCUT2D eigenvalue weighted by Crippen LogP contribution is 2.35. The van der Waals surface area contributed by atoms with E-state index in [0.29, 0.717) is 38.5 Å². The molecule has 0 aliphatic heterocycles. The Balaban J connectivity index is 2.33. The Morgan fingerprint density at radius 3 is 2.68 bits per heavy atom. The number of hydrogen-bond acceptors (Lipinski definition) is 5. The lowest BCUT2D eigenvalue weighted by molar-refractivity contribution is 0.0603. The van der Waals surface area contributed by atoms with Crippen LogP contribution in [0.15, 0.2) is 44.2 Å². The minimum absolute atomic E-state index is 0.398. The van der Waals surface area contributed by atoms with E-state index in [9.17, 15) is 9.59 Å². The third-order valence-corrected chi connectivity index (χ3v) is 4.60. The molecular formula is C20H16O5. The summed E-state index contributed by atoms with van der Waals surface area (Å²) in [6, 6.07) is 7.37. The first-order valence-electron chi connectivity index (χ1n) is 8.04. The second-order valence-corrected chi connectivity index (χ2v) is 6.00. The molecule has 126 valence electrons. The average Bonchev–Trinajstić information content (AvgIpc) is 3.03. The summed E-state index contributed by atoms with van der Waals surface area (Å²) in [5.41, 5.74) is 2.53. The topological polar surface area (TPSA) is 69.7 Å². The summed E-state index contributed by atoms with van der Waals surface area (Å²) in [6.07, 6.45) is 2.25. The number of aryl methyl sites for hydroxylation is 2. The fourth-order valence-corrected chi connectivity index (χ4v) is 3.42. The molecule has 0 bridgehead atoms. The highest BCUT2D eigenvalue weighted by Gasteiger charge is 2.21. The Hall–Kier alpha value is -3.08. The van der Waals surface area contributed by atoms with E-state index in [2.05, 4.69) is 0 Å². The maximum Gasteiger partial charge on any atom is 0.347 e. The quantitative estimate of drug-likeness (QED) is 0.309. The van der Waals surface area contributed by atoms with Gasteiger partial charge < -0.3 is 13.6 Å². The van der Waals surface area contributed by atoms with Gasteiger partial charge in [-0.3, -0.25) is 0 Å². The lowest BCUT2D eigenvalue weighted by atomic mass is 9.95. The molecule has 4 rings (SSSR count). The Bertz CT molecular complexity index is 1210. The van der Waals surface area contributed by atoms with Gasteiger partial charge in [-0.15, -0.1) is 0 Å². The van der Waals surface area contributed by atoms with E-state index in [1.165, 1.54) is 13.4 Å². The van der Waals surface area contributed by atoms with Crippen molar-refractivity contribution in [1.82, 2.24) is 0 Å². The zero-order valence-corrected chi connectivity index (χ0v) is 14.1. The number of rotatable bonds is 2. The van der Waals surface area contributed by atoms with Crippen molar-refractivity contribution in [2.45, 2.75) is 20.3 Å². The Morgan fingerprint density at radius 1 is 1.16 bits per heavy atom. The van der Waals surface area contributed by atoms with E-state index < -0.39 is 11.6 Å². The molecule has 0 N–H and O–H groups in total. The molecule has 25 heavy (non-hydrogen) atoms. The first-order chi connectivity index (χ1) is 12.1. The second-order valence-electron chi connectivity index (χ2n) is 6.00. The van der Waals surface area contributed by atoms with Crippen molar-refractivity contribution in [1.29, 1.82) is 0 Å². The summed E-state index contributed by atoms with van der Waals surface area (Å²) < 4.78 is 16.2. The summed E-state index contributed by atoms with van der Waals surface area (Å²) >= 11 is 0. The van der Waals surface area contributed by atoms with Gasteiger partial charge in [0.2, 0.25) is 0 Å². The largest absolute Gasteiger partial charge is 0.465 e. The summed E-state index contributed by atoms with van der Waals surface area (Å²) in [6.45, 7) is 3.79. The van der Waals surface area contributed by atoms with Crippen molar-refractivity contribution in [2.24, 2.45) is 0 Å². The summed E-state index contributed by atoms with van der Waals surface area (Å²) in [4.78, 5) is 24.8. The normalized spacial score (nSPS) is 11.5. The van der Waals surface area contributed by atoms with E-state index in [-0.39, 0.29) is 0 Å². The van der Waals surface area contributed by atoms with Crippen molar-refractivity contribution >= 4 is 38.7 Å². The van der Waals surface area contributed by atoms with Crippen LogP contribution in [-0.4, -0.2) is 13.1 Å². The first-order valence-corrected chi connectivity index (χ1v) is 8.04. The van der Waals surface area contributed by atoms with Crippen molar-refractivity contribution < 1.29 is 18.4 Å². The van der Waals surface area contributed by atoms with Crippen LogP contribution in [0.5, 0.6) is 0 Å². The molecule has 4 aromatic rings. The molecule has 0 aliphatic carbocycles. The van der Waals surface area contributed by atoms with E-state index in [4.69, 9.17) is 13.6 Å². The molecule has 0 amide bonds. The van der Waals surface area contributed by atoms with Crippen LogP contribution in [0.1, 0.15) is 28.4 Å². The van der Waals surface area contributed by atoms with Crippen molar-refractivity contribution in [3.63, 3.8) is 0 Å². The Labute approximate surface area is 142 Å². The van der Waals surface area contributed by atoms with Crippen LogP contribution in [0.4, 0.5) is 0 Å². The molecule has 5 nitrogen and oxygen atoms in total. The van der Waals surface area contributed by atoms with Crippen molar-refractivity contribution in [3.05, 3.63) is 57.6 Å². The standard InChI is InChI=1S/C20H16O5/c1-4-11-6-5-7-12-16(11)13(19(21)23-3)8-14-17(12)25-20(22)15-10(2)9-24-18(14)15/h5-9H,4H2,1-3H3. The molecule has 0 saturated heterocycles. The fourth-order valence-electron chi connectivity index (χ4n) is 3.42. The van der Waals surface area contributed by atoms with Gasteiger partial charge in [0, 0.05) is 16.3 Å². The number of carbonyl (C=O) groups excluding carboxylic acids is 1. The molecule has 0 atom stereocenters. The Kier molecular flexibility index (Phi) is 3.39. The number of benzene rings is 2. The highest BCUT2D eigenvalue weighted by molar-refractivity contribution is 6.19. The SMILES string of the molecule is CCc1cccc2c1c(C(=O)OC)cc1c3occ(C)c3c(=O)oc21. The van der Waals surface area contributed by atoms with Gasteiger partial charge in [0.15, 0.2) is 5.58 Å². The van der Waals surface area contributed by atoms with Crippen molar-refractivity contribution in [2.75, 3.05) is 7.11 Å². The molecule has 0 radical (unpaired) electrons. The van der Waals surface area contributed by atoms with Crippen LogP contribution in [0.3, 0.4) is 0 Å². The molecular weight excluding hydrogens is 320 g/mol. The Morgan fingerprint density at radius 2 is 1.96 bits per heavy atom. The summed E-state index contributed by atoms with van der Waals surface area (Å²) in [7, 11) is 1.35. The monoisotopic (exact) mass is 336 g/mol. The number of hydrogen-bond donors (Lipinski definition) is 0. The number of carbonyl (C=O) groups is 1. The van der Waals surface area contributed by atoms with Gasteiger partial charge in [-0.05, 0) is 25.0 Å². The lowest BCUT2D eigenvalue weighted by Gasteiger charge is -2.11. The zero-order valence-electron chi connectivity index (χ0n) is 14.1. The molecule has 0 aliphatic rings. The molecule has 0 saturated carbocycles. The lowest BCUT2D eigenvalue weighted by Crippen LogP contribution is -2.06. The van der Waals surface area contributed by atoms with Crippen LogP contribution < -0.4 is 5.63 Å². The van der Waals surface area contributed by atoms with E-state index >= 15 is 0 Å². The number of fused-ring (bicyclic) bond motifs is 5. The summed E-state index contributed by atoms with van der Waals surface area (Å²) in [5.74, 6) is -0.435. The highest BCUT2D eigenvalue weighted by atomic mass is 16.5. The number of esters is 1. The minimum Gasteiger partial charge on any atom is -0.465 e. The van der Waals surface area contributed by atoms with Crippen LogP contribution in [0, 0.1) is 6.92 Å². The third-order valence-electron chi connectivity index (χ3n) is 4.60. The average molecular weight is 336 g/mol. The van der Waals surface area contributed by atoms with Crippen LogP contribution in [-0.2, 0) is 11.2 Å². The van der Waals surface area contributed by atoms with Gasteiger partial charge in [0.05, 0.1) is 24.3 Å². The van der Waals surface area contributed by atoms with Crippen molar-refractivity contribution in [3.8, 4) is 0 Å². The van der Waals surface area contributed by atoms with Gasteiger partial charge in [0.25, 0.3) is 0 Å². The van der Waals surface area contributed by atoms with E-state index in [1.54, 1.807) is 13.0 Å². The smallest absolute Gasteiger partial charge is 0.347 e. The first kappa shape index (κ1) is 15.4. The maximum atomic E-state index is 12.4. The number of ether oxygens (including phenoxy) is 1. The number of furan rings is 1. The molecule has 5 heteroatoms. The zero-order chi connectivity index (χ0) is 17.7. The van der Waals surface area contributed by atoms with Crippen LogP contribution in [0.2, 0.25) is 0 Å². The molecule has 2 heterocycles. The fraction of sp³-hybridized carbons (Fsp3) is 0.200. The van der Waals surface area contributed by atoms with E-state index in [1.807, 2.05) is 25.1 Å². The predicted molar refractivity (Wildman–Crippen MR) is 95.2 cm³/mol. The molecule has 2 aromatic carbocycles. The maximum absolute atomic E-state index is 12.4. The summed E-state index contributed by atoms with van der Waals surface area (Å²) in [5, 5.41) is 2.43. The van der Waals surface area contributed by atoms with Gasteiger partial charge >= 0.3 is 11.6 Å². The molecule has 0 unspecified atom stereocenters. The van der Waals surface area contributed by atoms with Gasteiger partial charge in [-0.2, -0.15) is 0 Å². The molecule has 0 fully saturated rings. The third kappa shape index (κ3) is 2.09. The second kappa shape index (κ2) is 5.48. The van der Waals surface area contributed by atoms with Gasteiger partial charge in [-0.25, -0.2) is 9.59 Å². The minimum atomic E-state index is -0.442. The number of methoxy groups -OCH3 is 1. The van der Waals surface area contributed by atoms with Gasteiger partial charge in [-0.1, -0.05) is 25.1 Å². The van der Waals surface area contributed by atoms with Crippen LogP contribution >= 0.6 is 0 Å². The van der Waals surface area contributed by atoms with E-state index in [0.717, 1.165) is 17.4 Å². The van der Waals surface area contributed by atoms with Crippen LogP contribution in [0.25, 0.3) is 32.7 Å². The molecule has 0 spiro atoms. The molecule has 2 aromatic heterocycles.